The van der Waals surface area contributed by atoms with Gasteiger partial charge in [-0.15, -0.1) is 0 Å². The van der Waals surface area contributed by atoms with Crippen LogP contribution in [0.15, 0.2) is 60.8 Å². The van der Waals surface area contributed by atoms with Crippen LogP contribution in [-0.4, -0.2) is 32.7 Å². The van der Waals surface area contributed by atoms with Crippen LogP contribution in [0.4, 0.5) is 0 Å². The van der Waals surface area contributed by atoms with Crippen LogP contribution >= 0.6 is 12.2 Å². The zero-order chi connectivity index (χ0) is 20.5. The number of hydrogen-bond acceptors (Lipinski definition) is 3. The van der Waals surface area contributed by atoms with Gasteiger partial charge in [-0.25, -0.2) is 0 Å². The van der Waals surface area contributed by atoms with Crippen molar-refractivity contribution in [1.82, 2.24) is 19.8 Å². The van der Waals surface area contributed by atoms with Crippen molar-refractivity contribution in [1.29, 1.82) is 0 Å². The molecule has 3 aromatic rings. The highest BCUT2D eigenvalue weighted by Crippen LogP contribution is 2.41. The van der Waals surface area contributed by atoms with E-state index in [1.165, 1.54) is 11.4 Å². The van der Waals surface area contributed by atoms with Gasteiger partial charge in [0.15, 0.2) is 5.11 Å². The van der Waals surface area contributed by atoms with Gasteiger partial charge in [-0.05, 0) is 81.5 Å². The van der Waals surface area contributed by atoms with Crippen LogP contribution in [0.25, 0.3) is 5.69 Å². The van der Waals surface area contributed by atoms with E-state index in [9.17, 15) is 0 Å². The summed E-state index contributed by atoms with van der Waals surface area (Å²) in [6, 6.07) is 18.8. The first-order valence-corrected chi connectivity index (χ1v) is 10.2. The van der Waals surface area contributed by atoms with Gasteiger partial charge in [0.25, 0.3) is 0 Å². The van der Waals surface area contributed by atoms with Gasteiger partial charge < -0.3 is 19.5 Å². The van der Waals surface area contributed by atoms with Gasteiger partial charge >= 0.3 is 0 Å². The quantitative estimate of drug-likeness (QED) is 0.629. The summed E-state index contributed by atoms with van der Waals surface area (Å²) < 4.78 is 7.63. The molecule has 0 spiro atoms. The highest BCUT2D eigenvalue weighted by molar-refractivity contribution is 7.80. The Hall–Kier alpha value is -2.86. The van der Waals surface area contributed by atoms with Gasteiger partial charge in [-0.2, -0.15) is 0 Å². The lowest BCUT2D eigenvalue weighted by atomic mass is 10.0. The Morgan fingerprint density at radius 1 is 1.07 bits per heavy atom. The third-order valence-corrected chi connectivity index (χ3v) is 5.76. The van der Waals surface area contributed by atoms with Crippen molar-refractivity contribution in [2.75, 3.05) is 7.11 Å². The molecule has 0 bridgehead atoms. The molecule has 4 rings (SSSR count). The SMILES string of the molecule is COc1ccc(-n2c(C)ccc2[C@H]2[C@H](c3ccccn3)NC(=S)N2C(C)C)cc1. The zero-order valence-corrected chi connectivity index (χ0v) is 18.0. The summed E-state index contributed by atoms with van der Waals surface area (Å²) in [6.45, 7) is 6.48. The minimum Gasteiger partial charge on any atom is -0.497 e. The molecule has 5 nitrogen and oxygen atoms in total. The molecule has 2 aromatic heterocycles. The number of ether oxygens (including phenoxy) is 1. The summed E-state index contributed by atoms with van der Waals surface area (Å²) in [5.74, 6) is 0.846. The first kappa shape index (κ1) is 19.5. The molecule has 0 amide bonds. The second-order valence-corrected chi connectivity index (χ2v) is 7.95. The first-order chi connectivity index (χ1) is 14.0. The molecular weight excluding hydrogens is 380 g/mol. The van der Waals surface area contributed by atoms with Crippen molar-refractivity contribution >= 4 is 17.3 Å². The summed E-state index contributed by atoms with van der Waals surface area (Å²) in [7, 11) is 1.68. The Labute approximate surface area is 177 Å². The molecule has 29 heavy (non-hydrogen) atoms. The van der Waals surface area contributed by atoms with Crippen molar-refractivity contribution in [2.24, 2.45) is 0 Å². The van der Waals surface area contributed by atoms with Crippen molar-refractivity contribution in [3.8, 4) is 11.4 Å². The second kappa shape index (κ2) is 7.87. The van der Waals surface area contributed by atoms with E-state index in [2.05, 4.69) is 70.9 Å². The van der Waals surface area contributed by atoms with Crippen LogP contribution < -0.4 is 10.1 Å². The maximum Gasteiger partial charge on any atom is 0.170 e. The van der Waals surface area contributed by atoms with Crippen molar-refractivity contribution in [3.05, 3.63) is 77.9 Å². The molecule has 0 aliphatic carbocycles. The predicted octanol–water partition coefficient (Wildman–Crippen LogP) is 4.57. The van der Waals surface area contributed by atoms with Crippen LogP contribution in [0.5, 0.6) is 5.75 Å². The van der Waals surface area contributed by atoms with E-state index in [-0.39, 0.29) is 18.1 Å². The topological polar surface area (TPSA) is 42.3 Å². The van der Waals surface area contributed by atoms with Crippen molar-refractivity contribution in [3.63, 3.8) is 0 Å². The van der Waals surface area contributed by atoms with Crippen molar-refractivity contribution in [2.45, 2.75) is 38.9 Å². The number of nitrogens with one attached hydrogen (secondary N) is 1. The van der Waals surface area contributed by atoms with E-state index >= 15 is 0 Å². The summed E-state index contributed by atoms with van der Waals surface area (Å²) in [4.78, 5) is 6.90. The molecule has 1 aliphatic rings. The van der Waals surface area contributed by atoms with Gasteiger partial charge in [-0.1, -0.05) is 6.07 Å². The minimum atomic E-state index is -0.0163. The first-order valence-electron chi connectivity index (χ1n) is 9.83. The fraction of sp³-hybridized carbons (Fsp3) is 0.304. The van der Waals surface area contributed by atoms with Gasteiger partial charge in [-0.3, -0.25) is 4.98 Å². The lowest BCUT2D eigenvalue weighted by molar-refractivity contribution is 0.262. The molecule has 0 saturated carbocycles. The smallest absolute Gasteiger partial charge is 0.170 e. The van der Waals surface area contributed by atoms with E-state index in [0.29, 0.717) is 0 Å². The van der Waals surface area contributed by atoms with Gasteiger partial charge in [0.1, 0.15) is 5.75 Å². The molecule has 1 saturated heterocycles. The molecule has 0 radical (unpaired) electrons. The standard InChI is InChI=1S/C23H26N4OS/c1-15(2)26-22(21(25-23(26)29)19-7-5-6-14-24-19)20-13-8-16(3)27(20)17-9-11-18(28-4)12-10-17/h5-15,21-22H,1-4H3,(H,25,29)/t21-,22-/m0/s1. The molecule has 1 aromatic carbocycles. The number of aryl methyl sites for hydroxylation is 1. The average molecular weight is 407 g/mol. The Bertz CT molecular complexity index is 997. The number of hydrogen-bond donors (Lipinski definition) is 1. The third kappa shape index (κ3) is 3.49. The number of nitrogens with zero attached hydrogens (tertiary/aromatic N) is 3. The Morgan fingerprint density at radius 2 is 1.83 bits per heavy atom. The number of benzene rings is 1. The number of methoxy groups -OCH3 is 1. The molecule has 1 fully saturated rings. The molecule has 0 unspecified atom stereocenters. The summed E-state index contributed by atoms with van der Waals surface area (Å²) in [5, 5.41) is 4.28. The number of aromatic nitrogens is 2. The number of pyridine rings is 1. The predicted molar refractivity (Wildman–Crippen MR) is 119 cm³/mol. The van der Waals surface area contributed by atoms with Gasteiger partial charge in [0.05, 0.1) is 24.9 Å². The fourth-order valence-electron chi connectivity index (χ4n) is 4.11. The summed E-state index contributed by atoms with van der Waals surface area (Å²) in [5.41, 5.74) is 4.45. The lowest BCUT2D eigenvalue weighted by Crippen LogP contribution is -2.36. The normalized spacial score (nSPS) is 18.9. The molecule has 1 N–H and O–H groups in total. The summed E-state index contributed by atoms with van der Waals surface area (Å²) >= 11 is 5.73. The molecule has 2 atom stereocenters. The maximum absolute atomic E-state index is 5.73. The van der Waals surface area contributed by atoms with E-state index in [0.717, 1.165) is 22.2 Å². The molecular formula is C23H26N4OS. The van der Waals surface area contributed by atoms with E-state index in [4.69, 9.17) is 17.0 Å². The zero-order valence-electron chi connectivity index (χ0n) is 17.2. The van der Waals surface area contributed by atoms with Crippen LogP contribution in [0.1, 0.15) is 43.0 Å². The largest absolute Gasteiger partial charge is 0.497 e. The highest BCUT2D eigenvalue weighted by atomic mass is 32.1. The fourth-order valence-corrected chi connectivity index (χ4v) is 4.56. The molecule has 6 heteroatoms. The summed E-state index contributed by atoms with van der Waals surface area (Å²) in [6.07, 6.45) is 1.84. The second-order valence-electron chi connectivity index (χ2n) is 7.56. The lowest BCUT2D eigenvalue weighted by Gasteiger charge is -2.32. The van der Waals surface area contributed by atoms with Crippen LogP contribution in [0, 0.1) is 6.92 Å². The molecule has 1 aliphatic heterocycles. The maximum atomic E-state index is 5.73. The van der Waals surface area contributed by atoms with Crippen molar-refractivity contribution < 1.29 is 4.74 Å². The highest BCUT2D eigenvalue weighted by Gasteiger charge is 2.42. The van der Waals surface area contributed by atoms with Crippen LogP contribution in [0.2, 0.25) is 0 Å². The van der Waals surface area contributed by atoms with E-state index in [1.807, 2.05) is 30.5 Å². The Kier molecular flexibility index (Phi) is 5.28. The van der Waals surface area contributed by atoms with E-state index < -0.39 is 0 Å². The monoisotopic (exact) mass is 406 g/mol. The number of rotatable bonds is 5. The minimum absolute atomic E-state index is 0.0163. The molecule has 150 valence electrons. The Morgan fingerprint density at radius 3 is 2.45 bits per heavy atom. The van der Waals surface area contributed by atoms with Gasteiger partial charge in [0.2, 0.25) is 0 Å². The average Bonchev–Trinajstić information content (AvgIpc) is 3.28. The third-order valence-electron chi connectivity index (χ3n) is 5.43. The van der Waals surface area contributed by atoms with Crippen LogP contribution in [-0.2, 0) is 0 Å². The van der Waals surface area contributed by atoms with Gasteiger partial charge in [0, 0.05) is 29.3 Å². The van der Waals surface area contributed by atoms with Crippen LogP contribution in [0.3, 0.4) is 0 Å². The number of thiocarbonyl (C=S) groups is 1. The Balaban J connectivity index is 1.85. The van der Waals surface area contributed by atoms with E-state index in [1.54, 1.807) is 7.11 Å². The molecule has 3 heterocycles.